The lowest BCUT2D eigenvalue weighted by Gasteiger charge is -2.10. The van der Waals surface area contributed by atoms with E-state index in [4.69, 9.17) is 0 Å². The average molecular weight is 284 g/mol. The molecular formula is C7H8BrF2N3S. The van der Waals surface area contributed by atoms with Gasteiger partial charge in [-0.1, -0.05) is 11.3 Å². The van der Waals surface area contributed by atoms with Crippen molar-refractivity contribution >= 4 is 32.4 Å². The molecule has 0 radical (unpaired) electrons. The molecule has 0 saturated heterocycles. The summed E-state index contributed by atoms with van der Waals surface area (Å²) in [7, 11) is 0. The van der Waals surface area contributed by atoms with Crippen LogP contribution in [-0.2, 0) is 0 Å². The average Bonchev–Trinajstić information content (AvgIpc) is 2.59. The van der Waals surface area contributed by atoms with E-state index in [1.165, 1.54) is 11.3 Å². The summed E-state index contributed by atoms with van der Waals surface area (Å²) < 4.78 is 26.3. The first kappa shape index (κ1) is 10.2. The molecule has 0 amide bonds. The molecule has 1 aromatic heterocycles. The highest BCUT2D eigenvalue weighted by atomic mass is 79.9. The van der Waals surface area contributed by atoms with Crippen LogP contribution in [-0.4, -0.2) is 22.2 Å². The summed E-state index contributed by atoms with van der Waals surface area (Å²) >= 11 is 4.47. The highest BCUT2D eigenvalue weighted by Crippen LogP contribution is 2.36. The van der Waals surface area contributed by atoms with Gasteiger partial charge in [0.1, 0.15) is 0 Å². The van der Waals surface area contributed by atoms with Crippen LogP contribution < -0.4 is 5.32 Å². The van der Waals surface area contributed by atoms with Crippen molar-refractivity contribution in [3.63, 3.8) is 0 Å². The Hall–Kier alpha value is -0.300. The number of aromatic nitrogens is 2. The van der Waals surface area contributed by atoms with Crippen LogP contribution in [0.15, 0.2) is 3.92 Å². The van der Waals surface area contributed by atoms with Crippen LogP contribution in [0.1, 0.15) is 19.3 Å². The number of alkyl halides is 2. The molecule has 0 spiro atoms. The Balaban J connectivity index is 1.94. The standard InChI is InChI=1S/C7H8BrF2N3S/c8-5-12-13-6(14-5)11-4-1-2-7(9,10)3-4/h4H,1-3H2,(H,11,13). The van der Waals surface area contributed by atoms with Crippen LogP contribution >= 0.6 is 27.3 Å². The molecule has 1 fully saturated rings. The van der Waals surface area contributed by atoms with Gasteiger partial charge in [0.2, 0.25) is 11.1 Å². The first-order chi connectivity index (χ1) is 6.55. The minimum Gasteiger partial charge on any atom is -0.357 e. The fourth-order valence-electron chi connectivity index (χ4n) is 1.51. The van der Waals surface area contributed by atoms with Gasteiger partial charge >= 0.3 is 0 Å². The van der Waals surface area contributed by atoms with Crippen molar-refractivity contribution in [2.75, 3.05) is 5.32 Å². The predicted octanol–water partition coefficient (Wildman–Crippen LogP) is 2.90. The van der Waals surface area contributed by atoms with Crippen molar-refractivity contribution in [1.82, 2.24) is 10.2 Å². The molecule has 1 N–H and O–H groups in total. The molecule has 1 unspecified atom stereocenters. The third kappa shape index (κ3) is 2.38. The molecule has 1 aliphatic rings. The Bertz CT molecular complexity index is 330. The maximum Gasteiger partial charge on any atom is 0.250 e. The molecule has 78 valence electrons. The highest BCUT2D eigenvalue weighted by molar-refractivity contribution is 9.11. The Morgan fingerprint density at radius 2 is 2.29 bits per heavy atom. The van der Waals surface area contributed by atoms with Crippen molar-refractivity contribution in [3.8, 4) is 0 Å². The van der Waals surface area contributed by atoms with Gasteiger partial charge in [0.05, 0.1) is 0 Å². The van der Waals surface area contributed by atoms with Gasteiger partial charge in [-0.25, -0.2) is 8.78 Å². The number of nitrogens with one attached hydrogen (secondary N) is 1. The summed E-state index contributed by atoms with van der Waals surface area (Å²) in [5.74, 6) is -2.51. The predicted molar refractivity (Wildman–Crippen MR) is 53.8 cm³/mol. The zero-order chi connectivity index (χ0) is 10.2. The smallest absolute Gasteiger partial charge is 0.250 e. The molecule has 0 bridgehead atoms. The third-order valence-corrected chi connectivity index (χ3v) is 3.42. The minimum absolute atomic E-state index is 0.0371. The van der Waals surface area contributed by atoms with E-state index in [0.29, 0.717) is 15.5 Å². The molecule has 14 heavy (non-hydrogen) atoms. The third-order valence-electron chi connectivity index (χ3n) is 2.13. The number of halogens is 3. The van der Waals surface area contributed by atoms with Crippen LogP contribution in [0, 0.1) is 0 Å². The van der Waals surface area contributed by atoms with Gasteiger partial charge in [0.15, 0.2) is 3.92 Å². The molecule has 0 aliphatic heterocycles. The lowest BCUT2D eigenvalue weighted by Crippen LogP contribution is -2.18. The Kier molecular flexibility index (Phi) is 2.70. The van der Waals surface area contributed by atoms with E-state index in [0.717, 1.165) is 0 Å². The van der Waals surface area contributed by atoms with Crippen LogP contribution in [0.4, 0.5) is 13.9 Å². The molecule has 7 heteroatoms. The van der Waals surface area contributed by atoms with Gasteiger partial charge in [-0.2, -0.15) is 0 Å². The lowest BCUT2D eigenvalue weighted by molar-refractivity contribution is 0.00852. The zero-order valence-corrected chi connectivity index (χ0v) is 9.54. The summed E-state index contributed by atoms with van der Waals surface area (Å²) in [6.45, 7) is 0. The van der Waals surface area contributed by atoms with Gasteiger partial charge in [-0.3, -0.25) is 0 Å². The molecule has 1 saturated carbocycles. The van der Waals surface area contributed by atoms with Gasteiger partial charge in [-0.05, 0) is 22.4 Å². The van der Waals surface area contributed by atoms with E-state index in [1.54, 1.807) is 0 Å². The van der Waals surface area contributed by atoms with Crippen molar-refractivity contribution in [1.29, 1.82) is 0 Å². The van der Waals surface area contributed by atoms with E-state index in [1.807, 2.05) is 0 Å². The number of hydrogen-bond acceptors (Lipinski definition) is 4. The first-order valence-electron chi connectivity index (χ1n) is 4.18. The molecule has 0 aromatic carbocycles. The van der Waals surface area contributed by atoms with Crippen LogP contribution in [0.5, 0.6) is 0 Å². The molecule has 2 rings (SSSR count). The summed E-state index contributed by atoms with van der Waals surface area (Å²) in [5, 5.41) is 11.1. The largest absolute Gasteiger partial charge is 0.357 e. The zero-order valence-electron chi connectivity index (χ0n) is 7.14. The molecule has 1 aromatic rings. The van der Waals surface area contributed by atoms with E-state index >= 15 is 0 Å². The topological polar surface area (TPSA) is 37.8 Å². The van der Waals surface area contributed by atoms with Gasteiger partial charge in [-0.15, -0.1) is 10.2 Å². The highest BCUT2D eigenvalue weighted by Gasteiger charge is 2.39. The molecule has 1 atom stereocenters. The SMILES string of the molecule is FC1(F)CCC(Nc2nnc(Br)s2)C1. The summed E-state index contributed by atoms with van der Waals surface area (Å²) in [6, 6.07) is -0.176. The number of rotatable bonds is 2. The van der Waals surface area contributed by atoms with Crippen LogP contribution in [0.2, 0.25) is 0 Å². The Labute approximate surface area is 92.0 Å². The number of hydrogen-bond donors (Lipinski definition) is 1. The fraction of sp³-hybridized carbons (Fsp3) is 0.714. The van der Waals surface area contributed by atoms with E-state index in [2.05, 4.69) is 31.4 Å². The second-order valence-electron chi connectivity index (χ2n) is 3.30. The molecule has 3 nitrogen and oxygen atoms in total. The number of anilines is 1. The second-order valence-corrected chi connectivity index (χ2v) is 5.55. The Morgan fingerprint density at radius 3 is 2.79 bits per heavy atom. The van der Waals surface area contributed by atoms with Gasteiger partial charge in [0, 0.05) is 18.9 Å². The first-order valence-corrected chi connectivity index (χ1v) is 5.79. The van der Waals surface area contributed by atoms with Crippen LogP contribution in [0.3, 0.4) is 0 Å². The maximum atomic E-state index is 12.8. The second kappa shape index (κ2) is 3.69. The van der Waals surface area contributed by atoms with Crippen molar-refractivity contribution < 1.29 is 8.78 Å². The van der Waals surface area contributed by atoms with Crippen molar-refractivity contribution in [3.05, 3.63) is 3.92 Å². The summed E-state index contributed by atoms with van der Waals surface area (Å²) in [5.41, 5.74) is 0. The summed E-state index contributed by atoms with van der Waals surface area (Å²) in [4.78, 5) is 0. The van der Waals surface area contributed by atoms with Crippen molar-refractivity contribution in [2.24, 2.45) is 0 Å². The van der Waals surface area contributed by atoms with Gasteiger partial charge in [0.25, 0.3) is 0 Å². The monoisotopic (exact) mass is 283 g/mol. The lowest BCUT2D eigenvalue weighted by atomic mass is 10.2. The number of nitrogens with zero attached hydrogens (tertiary/aromatic N) is 2. The molecule has 1 heterocycles. The minimum atomic E-state index is -2.51. The molecular weight excluding hydrogens is 276 g/mol. The Morgan fingerprint density at radius 1 is 1.50 bits per heavy atom. The normalized spacial score (nSPS) is 25.2. The van der Waals surface area contributed by atoms with E-state index < -0.39 is 5.92 Å². The van der Waals surface area contributed by atoms with Gasteiger partial charge < -0.3 is 5.32 Å². The maximum absolute atomic E-state index is 12.8. The van der Waals surface area contributed by atoms with Crippen molar-refractivity contribution in [2.45, 2.75) is 31.2 Å². The molecule has 1 aliphatic carbocycles. The fourth-order valence-corrected chi connectivity index (χ4v) is 2.60. The van der Waals surface area contributed by atoms with Crippen LogP contribution in [0.25, 0.3) is 0 Å². The van der Waals surface area contributed by atoms with E-state index in [-0.39, 0.29) is 18.9 Å². The quantitative estimate of drug-likeness (QED) is 0.907. The summed E-state index contributed by atoms with van der Waals surface area (Å²) in [6.07, 6.45) is 0.346. The van der Waals surface area contributed by atoms with E-state index in [9.17, 15) is 8.78 Å².